The van der Waals surface area contributed by atoms with E-state index >= 15 is 0 Å². The fourth-order valence-electron chi connectivity index (χ4n) is 2.44. The van der Waals surface area contributed by atoms with Crippen LogP contribution in [0.1, 0.15) is 21.6 Å². The molecular formula is C21H20N2O3S. The second kappa shape index (κ2) is 9.09. The first-order valence-corrected chi connectivity index (χ1v) is 9.50. The van der Waals surface area contributed by atoms with Crippen LogP contribution in [0.15, 0.2) is 60.0 Å². The van der Waals surface area contributed by atoms with Crippen molar-refractivity contribution in [2.45, 2.75) is 13.3 Å². The number of hydrogen-bond donors (Lipinski definition) is 1. The molecule has 0 aliphatic carbocycles. The lowest BCUT2D eigenvalue weighted by Crippen LogP contribution is -2.30. The third-order valence-corrected chi connectivity index (χ3v) is 4.82. The number of aromatic nitrogens is 1. The number of amides is 1. The van der Waals surface area contributed by atoms with Crippen molar-refractivity contribution in [2.24, 2.45) is 0 Å². The number of benzene rings is 2. The molecule has 3 rings (SSSR count). The van der Waals surface area contributed by atoms with E-state index in [0.29, 0.717) is 6.54 Å². The van der Waals surface area contributed by atoms with Crippen molar-refractivity contribution < 1.29 is 14.3 Å². The molecule has 5 nitrogen and oxygen atoms in total. The van der Waals surface area contributed by atoms with Crippen LogP contribution in [-0.2, 0) is 16.0 Å². The summed E-state index contributed by atoms with van der Waals surface area (Å²) in [6.45, 7) is 2.19. The molecule has 138 valence electrons. The highest BCUT2D eigenvalue weighted by molar-refractivity contribution is 7.13. The maximum absolute atomic E-state index is 12.1. The number of carbonyl (C=O) groups excluding carboxylic acids is 2. The van der Waals surface area contributed by atoms with Crippen LogP contribution in [0.25, 0.3) is 10.6 Å². The lowest BCUT2D eigenvalue weighted by atomic mass is 10.1. The first kappa shape index (κ1) is 18.8. The minimum atomic E-state index is -0.595. The van der Waals surface area contributed by atoms with E-state index in [1.165, 1.54) is 11.3 Å². The molecule has 0 fully saturated rings. The van der Waals surface area contributed by atoms with Crippen LogP contribution < -0.4 is 5.32 Å². The Morgan fingerprint density at radius 3 is 2.56 bits per heavy atom. The van der Waals surface area contributed by atoms with E-state index in [9.17, 15) is 9.59 Å². The van der Waals surface area contributed by atoms with E-state index in [-0.39, 0.29) is 18.2 Å². The molecule has 27 heavy (non-hydrogen) atoms. The van der Waals surface area contributed by atoms with E-state index < -0.39 is 5.97 Å². The molecule has 1 heterocycles. The van der Waals surface area contributed by atoms with E-state index in [2.05, 4.69) is 10.3 Å². The Kier molecular flexibility index (Phi) is 6.33. The van der Waals surface area contributed by atoms with Gasteiger partial charge >= 0.3 is 5.97 Å². The van der Waals surface area contributed by atoms with Crippen molar-refractivity contribution in [3.63, 3.8) is 0 Å². The van der Waals surface area contributed by atoms with Crippen LogP contribution in [0.2, 0.25) is 0 Å². The van der Waals surface area contributed by atoms with E-state index in [4.69, 9.17) is 4.74 Å². The van der Waals surface area contributed by atoms with Gasteiger partial charge in [0, 0.05) is 17.5 Å². The lowest BCUT2D eigenvalue weighted by Gasteiger charge is -2.06. The number of ether oxygens (including phenoxy) is 1. The van der Waals surface area contributed by atoms with Gasteiger partial charge in [-0.15, -0.1) is 11.3 Å². The predicted molar refractivity (Wildman–Crippen MR) is 106 cm³/mol. The number of carbonyl (C=O) groups is 2. The van der Waals surface area contributed by atoms with E-state index in [1.54, 1.807) is 5.38 Å². The first-order chi connectivity index (χ1) is 13.1. The smallest absolute Gasteiger partial charge is 0.358 e. The molecule has 1 aromatic heterocycles. The molecule has 0 atom stereocenters. The van der Waals surface area contributed by atoms with Crippen LogP contribution in [0.5, 0.6) is 0 Å². The van der Waals surface area contributed by atoms with E-state index in [1.807, 2.05) is 61.5 Å². The maximum atomic E-state index is 12.1. The highest BCUT2D eigenvalue weighted by atomic mass is 32.1. The normalized spacial score (nSPS) is 10.4. The average molecular weight is 380 g/mol. The van der Waals surface area contributed by atoms with Gasteiger partial charge in [0.2, 0.25) is 0 Å². The average Bonchev–Trinajstić information content (AvgIpc) is 3.18. The fraction of sp³-hybridized carbons (Fsp3) is 0.190. The fourth-order valence-corrected chi connectivity index (χ4v) is 3.24. The van der Waals surface area contributed by atoms with Gasteiger partial charge in [0.25, 0.3) is 5.91 Å². The molecule has 6 heteroatoms. The minimum absolute atomic E-state index is 0.215. The molecule has 0 unspecified atom stereocenters. The summed E-state index contributed by atoms with van der Waals surface area (Å²) in [6.07, 6.45) is 0.729. The Balaban J connectivity index is 1.45. The predicted octanol–water partition coefficient (Wildman–Crippen LogP) is 3.63. The summed E-state index contributed by atoms with van der Waals surface area (Å²) in [5.41, 5.74) is 3.46. The standard InChI is InChI=1S/C21H20N2O3S/c1-15-7-9-17(10-8-15)20-23-18(14-27-20)21(25)26-13-19(24)22-12-11-16-5-3-2-4-6-16/h2-10,14H,11-13H2,1H3,(H,22,24). The van der Waals surface area contributed by atoms with Crippen molar-refractivity contribution in [1.82, 2.24) is 10.3 Å². The molecule has 0 saturated carbocycles. The topological polar surface area (TPSA) is 68.3 Å². The Morgan fingerprint density at radius 2 is 1.81 bits per heavy atom. The molecule has 1 N–H and O–H groups in total. The number of nitrogens with zero attached hydrogens (tertiary/aromatic N) is 1. The number of nitrogens with one attached hydrogen (secondary N) is 1. The van der Waals surface area contributed by atoms with Crippen molar-refractivity contribution in [2.75, 3.05) is 13.2 Å². The molecule has 0 spiro atoms. The van der Waals surface area contributed by atoms with Crippen molar-refractivity contribution >= 4 is 23.2 Å². The Labute approximate surface area is 162 Å². The molecule has 2 aromatic carbocycles. The summed E-state index contributed by atoms with van der Waals surface area (Å²) in [7, 11) is 0. The third kappa shape index (κ3) is 5.49. The van der Waals surface area contributed by atoms with Crippen LogP contribution in [0.4, 0.5) is 0 Å². The van der Waals surface area contributed by atoms with Crippen molar-refractivity contribution in [3.05, 3.63) is 76.8 Å². The zero-order valence-corrected chi connectivity index (χ0v) is 15.8. The molecule has 0 aliphatic heterocycles. The highest BCUT2D eigenvalue weighted by Crippen LogP contribution is 2.24. The number of aryl methyl sites for hydroxylation is 1. The zero-order valence-electron chi connectivity index (χ0n) is 15.0. The summed E-state index contributed by atoms with van der Waals surface area (Å²) in [4.78, 5) is 28.2. The van der Waals surface area contributed by atoms with Gasteiger partial charge in [-0.3, -0.25) is 4.79 Å². The quantitative estimate of drug-likeness (QED) is 0.636. The van der Waals surface area contributed by atoms with Crippen LogP contribution in [0.3, 0.4) is 0 Å². The maximum Gasteiger partial charge on any atom is 0.358 e. The Morgan fingerprint density at radius 1 is 1.07 bits per heavy atom. The van der Waals surface area contributed by atoms with Crippen LogP contribution >= 0.6 is 11.3 Å². The molecule has 3 aromatic rings. The molecular weight excluding hydrogens is 360 g/mol. The van der Waals surface area contributed by atoms with Gasteiger partial charge in [-0.1, -0.05) is 60.2 Å². The molecule has 0 saturated heterocycles. The number of rotatable bonds is 7. The molecule has 0 bridgehead atoms. The molecule has 0 radical (unpaired) electrons. The summed E-state index contributed by atoms with van der Waals surface area (Å²) in [6, 6.07) is 17.8. The molecule has 0 aliphatic rings. The largest absolute Gasteiger partial charge is 0.451 e. The van der Waals surface area contributed by atoms with Gasteiger partial charge in [0.1, 0.15) is 5.01 Å². The summed E-state index contributed by atoms with van der Waals surface area (Å²) in [5, 5.41) is 5.13. The van der Waals surface area contributed by atoms with Gasteiger partial charge in [0.15, 0.2) is 12.3 Å². The van der Waals surface area contributed by atoms with Gasteiger partial charge < -0.3 is 10.1 Å². The summed E-state index contributed by atoms with van der Waals surface area (Å²) in [5.74, 6) is -0.920. The Bertz CT molecular complexity index is 905. The first-order valence-electron chi connectivity index (χ1n) is 8.62. The number of thiazole rings is 1. The lowest BCUT2D eigenvalue weighted by molar-refractivity contribution is -0.124. The monoisotopic (exact) mass is 380 g/mol. The van der Waals surface area contributed by atoms with Gasteiger partial charge in [0.05, 0.1) is 0 Å². The SMILES string of the molecule is Cc1ccc(-c2nc(C(=O)OCC(=O)NCCc3ccccc3)cs2)cc1. The second-order valence-corrected chi connectivity index (χ2v) is 6.92. The van der Waals surface area contributed by atoms with Crippen LogP contribution in [-0.4, -0.2) is 30.0 Å². The second-order valence-electron chi connectivity index (χ2n) is 6.07. The van der Waals surface area contributed by atoms with Gasteiger partial charge in [-0.2, -0.15) is 0 Å². The third-order valence-electron chi connectivity index (χ3n) is 3.92. The van der Waals surface area contributed by atoms with Crippen molar-refractivity contribution in [1.29, 1.82) is 0 Å². The summed E-state index contributed by atoms with van der Waals surface area (Å²) < 4.78 is 5.05. The number of esters is 1. The molecule has 1 amide bonds. The minimum Gasteiger partial charge on any atom is -0.451 e. The zero-order chi connectivity index (χ0) is 19.1. The highest BCUT2D eigenvalue weighted by Gasteiger charge is 2.14. The summed E-state index contributed by atoms with van der Waals surface area (Å²) >= 11 is 1.37. The van der Waals surface area contributed by atoms with E-state index in [0.717, 1.165) is 28.1 Å². The Hall–Kier alpha value is -2.99. The van der Waals surface area contributed by atoms with Crippen LogP contribution in [0, 0.1) is 6.92 Å². The van der Waals surface area contributed by atoms with Gasteiger partial charge in [-0.25, -0.2) is 9.78 Å². The number of hydrogen-bond acceptors (Lipinski definition) is 5. The van der Waals surface area contributed by atoms with Crippen molar-refractivity contribution in [3.8, 4) is 10.6 Å². The van der Waals surface area contributed by atoms with Gasteiger partial charge in [-0.05, 0) is 18.9 Å².